The molecule has 2 atom stereocenters. The molecule has 0 saturated heterocycles. The Labute approximate surface area is 79.6 Å². The number of hydrogen-bond donors (Lipinski definition) is 1. The van der Waals surface area contributed by atoms with Crippen LogP contribution in [-0.4, -0.2) is 17.3 Å². The largest absolute Gasteiger partial charge is 0.498 e. The lowest BCUT2D eigenvalue weighted by Crippen LogP contribution is -2.30. The highest BCUT2D eigenvalue weighted by Crippen LogP contribution is 2.31. The van der Waals surface area contributed by atoms with Crippen LogP contribution in [0.4, 0.5) is 0 Å². The van der Waals surface area contributed by atoms with Crippen LogP contribution in [0.25, 0.3) is 0 Å². The van der Waals surface area contributed by atoms with Crippen molar-refractivity contribution in [2.75, 3.05) is 0 Å². The quantitative estimate of drug-likeness (QED) is 0.674. The van der Waals surface area contributed by atoms with E-state index in [0.29, 0.717) is 5.92 Å². The first-order valence-corrected chi connectivity index (χ1v) is 5.36. The molecule has 2 heteroatoms. The normalized spacial score (nSPS) is 35.8. The molecule has 0 bridgehead atoms. The van der Waals surface area contributed by atoms with Gasteiger partial charge in [0.05, 0.1) is 12.4 Å². The predicted molar refractivity (Wildman–Crippen MR) is 51.2 cm³/mol. The lowest BCUT2D eigenvalue weighted by atomic mass is 9.83. The maximum atomic E-state index is 9.44. The minimum Gasteiger partial charge on any atom is -0.498 e. The molecule has 0 aromatic carbocycles. The summed E-state index contributed by atoms with van der Waals surface area (Å²) < 4.78 is 5.55. The van der Waals surface area contributed by atoms with Crippen molar-refractivity contribution in [2.24, 2.45) is 5.92 Å². The number of aliphatic hydroxyl groups is 1. The van der Waals surface area contributed by atoms with Crippen LogP contribution in [0.3, 0.4) is 0 Å². The molecule has 0 aromatic rings. The first kappa shape index (κ1) is 9.07. The third-order valence-corrected chi connectivity index (χ3v) is 3.20. The van der Waals surface area contributed by atoms with E-state index in [1.807, 2.05) is 0 Å². The molecule has 1 heterocycles. The van der Waals surface area contributed by atoms with Crippen molar-refractivity contribution >= 4 is 0 Å². The fourth-order valence-electron chi connectivity index (χ4n) is 2.42. The molecular weight excluding hydrogens is 164 g/mol. The van der Waals surface area contributed by atoms with Gasteiger partial charge in [0.1, 0.15) is 6.10 Å². The van der Waals surface area contributed by atoms with Gasteiger partial charge in [0.25, 0.3) is 0 Å². The van der Waals surface area contributed by atoms with Crippen LogP contribution in [0.1, 0.15) is 38.5 Å². The maximum absolute atomic E-state index is 9.44. The van der Waals surface area contributed by atoms with Crippen LogP contribution in [0.5, 0.6) is 0 Å². The Morgan fingerprint density at radius 2 is 1.92 bits per heavy atom. The molecule has 0 spiro atoms. The SMILES string of the molecule is O[C@@H]1C=CO[C@@H](C2CCCCC2)C1. The molecule has 0 unspecified atom stereocenters. The second kappa shape index (κ2) is 4.14. The lowest BCUT2D eigenvalue weighted by Gasteiger charge is -2.32. The van der Waals surface area contributed by atoms with Crippen LogP contribution in [0, 0.1) is 5.92 Å². The van der Waals surface area contributed by atoms with Gasteiger partial charge in [-0.2, -0.15) is 0 Å². The van der Waals surface area contributed by atoms with Gasteiger partial charge >= 0.3 is 0 Å². The summed E-state index contributed by atoms with van der Waals surface area (Å²) in [4.78, 5) is 0. The molecule has 74 valence electrons. The van der Waals surface area contributed by atoms with E-state index in [2.05, 4.69) is 0 Å². The topological polar surface area (TPSA) is 29.5 Å². The van der Waals surface area contributed by atoms with Crippen molar-refractivity contribution in [3.63, 3.8) is 0 Å². The highest BCUT2D eigenvalue weighted by molar-refractivity contribution is 4.92. The van der Waals surface area contributed by atoms with Gasteiger partial charge in [-0.15, -0.1) is 0 Å². The molecule has 2 nitrogen and oxygen atoms in total. The maximum Gasteiger partial charge on any atom is 0.103 e. The first-order chi connectivity index (χ1) is 6.36. The summed E-state index contributed by atoms with van der Waals surface area (Å²) in [6.45, 7) is 0. The summed E-state index contributed by atoms with van der Waals surface area (Å²) in [6.07, 6.45) is 10.8. The molecule has 0 radical (unpaired) electrons. The molecule has 1 saturated carbocycles. The molecule has 1 aliphatic heterocycles. The summed E-state index contributed by atoms with van der Waals surface area (Å²) in [6, 6.07) is 0. The van der Waals surface area contributed by atoms with Crippen LogP contribution < -0.4 is 0 Å². The lowest BCUT2D eigenvalue weighted by molar-refractivity contribution is 0.0139. The van der Waals surface area contributed by atoms with Gasteiger partial charge in [0.15, 0.2) is 0 Å². The number of ether oxygens (including phenoxy) is 1. The van der Waals surface area contributed by atoms with E-state index in [-0.39, 0.29) is 12.2 Å². The minimum atomic E-state index is -0.277. The predicted octanol–water partition coefficient (Wildman–Crippen LogP) is 2.23. The first-order valence-electron chi connectivity index (χ1n) is 5.36. The van der Waals surface area contributed by atoms with E-state index < -0.39 is 0 Å². The van der Waals surface area contributed by atoms with Crippen LogP contribution in [0.2, 0.25) is 0 Å². The fourth-order valence-corrected chi connectivity index (χ4v) is 2.42. The summed E-state index contributed by atoms with van der Waals surface area (Å²) >= 11 is 0. The Morgan fingerprint density at radius 3 is 2.62 bits per heavy atom. The highest BCUT2D eigenvalue weighted by Gasteiger charge is 2.27. The molecule has 0 amide bonds. The van der Waals surface area contributed by atoms with Crippen molar-refractivity contribution in [3.05, 3.63) is 12.3 Å². The number of hydrogen-bond acceptors (Lipinski definition) is 2. The van der Waals surface area contributed by atoms with Gasteiger partial charge in [-0.1, -0.05) is 19.3 Å². The van der Waals surface area contributed by atoms with Gasteiger partial charge < -0.3 is 9.84 Å². The van der Waals surface area contributed by atoms with Crippen molar-refractivity contribution in [1.29, 1.82) is 0 Å². The third kappa shape index (κ3) is 2.25. The van der Waals surface area contributed by atoms with Gasteiger partial charge in [-0.25, -0.2) is 0 Å². The standard InChI is InChI=1S/C11H18O2/c12-10-6-7-13-11(8-10)9-4-2-1-3-5-9/h6-7,9-12H,1-5,8H2/t10-,11-/m1/s1. The zero-order valence-electron chi connectivity index (χ0n) is 7.98. The molecule has 1 aliphatic carbocycles. The van der Waals surface area contributed by atoms with E-state index in [4.69, 9.17) is 4.74 Å². The smallest absolute Gasteiger partial charge is 0.103 e. The molecule has 13 heavy (non-hydrogen) atoms. The van der Waals surface area contributed by atoms with E-state index >= 15 is 0 Å². The summed E-state index contributed by atoms with van der Waals surface area (Å²) in [7, 11) is 0. The summed E-state index contributed by atoms with van der Waals surface area (Å²) in [5.41, 5.74) is 0. The molecular formula is C11H18O2. The Balaban J connectivity index is 1.88. The van der Waals surface area contributed by atoms with Gasteiger partial charge in [-0.05, 0) is 24.8 Å². The Kier molecular flexibility index (Phi) is 2.89. The Morgan fingerprint density at radius 1 is 1.15 bits per heavy atom. The van der Waals surface area contributed by atoms with Crippen LogP contribution in [0.15, 0.2) is 12.3 Å². The second-order valence-corrected chi connectivity index (χ2v) is 4.20. The van der Waals surface area contributed by atoms with Crippen molar-refractivity contribution in [1.82, 2.24) is 0 Å². The second-order valence-electron chi connectivity index (χ2n) is 4.20. The highest BCUT2D eigenvalue weighted by atomic mass is 16.5. The molecule has 1 N–H and O–H groups in total. The Hall–Kier alpha value is -0.500. The molecule has 2 aliphatic rings. The number of aliphatic hydroxyl groups excluding tert-OH is 1. The Bertz CT molecular complexity index is 183. The van der Waals surface area contributed by atoms with Crippen molar-refractivity contribution < 1.29 is 9.84 Å². The van der Waals surface area contributed by atoms with E-state index in [1.54, 1.807) is 12.3 Å². The van der Waals surface area contributed by atoms with Crippen molar-refractivity contribution in [2.45, 2.75) is 50.7 Å². The zero-order chi connectivity index (χ0) is 9.10. The molecule has 0 aromatic heterocycles. The van der Waals surface area contributed by atoms with Crippen LogP contribution in [-0.2, 0) is 4.74 Å². The average Bonchev–Trinajstić information content (AvgIpc) is 2.19. The average molecular weight is 182 g/mol. The van der Waals surface area contributed by atoms with E-state index in [0.717, 1.165) is 6.42 Å². The zero-order valence-corrected chi connectivity index (χ0v) is 7.98. The van der Waals surface area contributed by atoms with E-state index in [9.17, 15) is 5.11 Å². The van der Waals surface area contributed by atoms with Crippen LogP contribution >= 0.6 is 0 Å². The van der Waals surface area contributed by atoms with Crippen molar-refractivity contribution in [3.8, 4) is 0 Å². The number of rotatable bonds is 1. The van der Waals surface area contributed by atoms with Gasteiger partial charge in [0, 0.05) is 6.42 Å². The third-order valence-electron chi connectivity index (χ3n) is 3.20. The fraction of sp³-hybridized carbons (Fsp3) is 0.818. The summed E-state index contributed by atoms with van der Waals surface area (Å²) in [5.74, 6) is 0.688. The molecule has 1 fully saturated rings. The van der Waals surface area contributed by atoms with Gasteiger partial charge in [-0.3, -0.25) is 0 Å². The van der Waals surface area contributed by atoms with E-state index in [1.165, 1.54) is 32.1 Å². The minimum absolute atomic E-state index is 0.277. The molecule has 2 rings (SSSR count). The monoisotopic (exact) mass is 182 g/mol. The summed E-state index contributed by atoms with van der Waals surface area (Å²) in [5, 5.41) is 9.44. The van der Waals surface area contributed by atoms with Gasteiger partial charge in [0.2, 0.25) is 0 Å².